The normalized spacial score (nSPS) is 19.6. The summed E-state index contributed by atoms with van der Waals surface area (Å²) >= 11 is 6.07. The Bertz CT molecular complexity index is 1070. The zero-order chi connectivity index (χ0) is 22.1. The van der Waals surface area contributed by atoms with Gasteiger partial charge >= 0.3 is 0 Å². The summed E-state index contributed by atoms with van der Waals surface area (Å²) in [6, 6.07) is 9.35. The Kier molecular flexibility index (Phi) is 5.47. The van der Waals surface area contributed by atoms with Crippen LogP contribution in [0.15, 0.2) is 52.8 Å². The van der Waals surface area contributed by atoms with Crippen molar-refractivity contribution in [3.05, 3.63) is 47.5 Å². The number of rotatable bonds is 6. The average Bonchev–Trinajstić information content (AvgIpc) is 3.28. The molecule has 1 fully saturated rings. The summed E-state index contributed by atoms with van der Waals surface area (Å²) in [7, 11) is 3.01. The average molecular weight is 444 g/mol. The number of halogens is 1. The number of carbonyl (C=O) groups excluding carboxylic acids is 3. The fourth-order valence-corrected chi connectivity index (χ4v) is 3.69. The number of ether oxygens (including phenoxy) is 2. The molecular formula is C20H18ClN5O5. The lowest BCUT2D eigenvalue weighted by molar-refractivity contribution is -0.123. The summed E-state index contributed by atoms with van der Waals surface area (Å²) in [6.45, 7) is -0.260. The van der Waals surface area contributed by atoms with Crippen LogP contribution in [0.2, 0.25) is 5.02 Å². The molecule has 160 valence electrons. The molecule has 0 aromatic heterocycles. The summed E-state index contributed by atoms with van der Waals surface area (Å²) in [5.41, 5.74) is 0.856. The van der Waals surface area contributed by atoms with Gasteiger partial charge in [-0.25, -0.2) is 4.90 Å². The number of nitrogens with zero attached hydrogens (tertiary/aromatic N) is 4. The van der Waals surface area contributed by atoms with Crippen molar-refractivity contribution in [1.82, 2.24) is 5.01 Å². The van der Waals surface area contributed by atoms with Crippen LogP contribution in [0.3, 0.4) is 0 Å². The van der Waals surface area contributed by atoms with Crippen LogP contribution in [0.4, 0.5) is 11.4 Å². The first-order valence-corrected chi connectivity index (χ1v) is 9.63. The molecule has 10 nitrogen and oxygen atoms in total. The summed E-state index contributed by atoms with van der Waals surface area (Å²) in [5.74, 6) is -0.354. The molecule has 2 aliphatic rings. The van der Waals surface area contributed by atoms with Gasteiger partial charge in [-0.2, -0.15) is 5.11 Å². The standard InChI is InChI=1S/C20H18ClN5O5/c1-30-13-6-4-12(5-7-13)26-19(28)17-18(20(26)29)25(24-23-17)10-16(27)22-11-3-8-15(31-2)14(21)9-11/h3-9,17-18H,10H2,1-2H3,(H,22,27). The highest BCUT2D eigenvalue weighted by Crippen LogP contribution is 2.32. The van der Waals surface area contributed by atoms with Crippen LogP contribution in [-0.2, 0) is 14.4 Å². The fraction of sp³-hybridized carbons (Fsp3) is 0.250. The number of carbonyl (C=O) groups is 3. The van der Waals surface area contributed by atoms with Gasteiger partial charge in [-0.05, 0) is 42.5 Å². The van der Waals surface area contributed by atoms with Crippen molar-refractivity contribution in [2.75, 3.05) is 31.0 Å². The van der Waals surface area contributed by atoms with Crippen molar-refractivity contribution in [2.45, 2.75) is 12.1 Å². The van der Waals surface area contributed by atoms with Crippen LogP contribution in [0.25, 0.3) is 0 Å². The van der Waals surface area contributed by atoms with E-state index >= 15 is 0 Å². The molecule has 2 unspecified atom stereocenters. The highest BCUT2D eigenvalue weighted by Gasteiger charge is 2.55. The first-order valence-electron chi connectivity index (χ1n) is 9.25. The molecule has 2 atom stereocenters. The summed E-state index contributed by atoms with van der Waals surface area (Å²) in [4.78, 5) is 39.2. The van der Waals surface area contributed by atoms with E-state index in [4.69, 9.17) is 21.1 Å². The molecule has 0 aliphatic carbocycles. The lowest BCUT2D eigenvalue weighted by Crippen LogP contribution is -2.43. The molecule has 4 rings (SSSR count). The smallest absolute Gasteiger partial charge is 0.263 e. The SMILES string of the molecule is COc1ccc(N2C(=O)C3N=NN(CC(=O)Nc4ccc(OC)c(Cl)c4)C3C2=O)cc1. The first kappa shape index (κ1) is 20.6. The largest absolute Gasteiger partial charge is 0.497 e. The molecule has 2 aliphatic heterocycles. The number of amides is 3. The maximum Gasteiger partial charge on any atom is 0.263 e. The molecule has 3 amide bonds. The summed E-state index contributed by atoms with van der Waals surface area (Å²) in [6.07, 6.45) is 0. The van der Waals surface area contributed by atoms with Gasteiger partial charge in [-0.1, -0.05) is 16.8 Å². The second-order valence-corrected chi connectivity index (χ2v) is 7.21. The fourth-order valence-electron chi connectivity index (χ4n) is 3.43. The minimum absolute atomic E-state index is 0.260. The van der Waals surface area contributed by atoms with Crippen molar-refractivity contribution < 1.29 is 23.9 Å². The van der Waals surface area contributed by atoms with Crippen molar-refractivity contribution in [2.24, 2.45) is 10.3 Å². The van der Waals surface area contributed by atoms with Crippen LogP contribution in [0, 0.1) is 0 Å². The highest BCUT2D eigenvalue weighted by molar-refractivity contribution is 6.32. The number of hydrogen-bond donors (Lipinski definition) is 1. The van der Waals surface area contributed by atoms with Crippen molar-refractivity contribution in [1.29, 1.82) is 0 Å². The predicted octanol–water partition coefficient (Wildman–Crippen LogP) is 2.29. The van der Waals surface area contributed by atoms with E-state index < -0.39 is 29.8 Å². The summed E-state index contributed by atoms with van der Waals surface area (Å²) < 4.78 is 10.2. The molecule has 0 saturated carbocycles. The van der Waals surface area contributed by atoms with Crippen LogP contribution in [-0.4, -0.2) is 55.6 Å². The van der Waals surface area contributed by atoms with E-state index in [9.17, 15) is 14.4 Å². The number of nitrogens with one attached hydrogen (secondary N) is 1. The molecule has 0 spiro atoms. The molecule has 1 saturated heterocycles. The van der Waals surface area contributed by atoms with Crippen LogP contribution < -0.4 is 19.7 Å². The van der Waals surface area contributed by atoms with Gasteiger partial charge in [0.2, 0.25) is 5.91 Å². The Morgan fingerprint density at radius 3 is 2.48 bits per heavy atom. The Morgan fingerprint density at radius 1 is 1.10 bits per heavy atom. The van der Waals surface area contributed by atoms with Gasteiger partial charge in [0, 0.05) is 5.69 Å². The quantitative estimate of drug-likeness (QED) is 0.685. The maximum absolute atomic E-state index is 13.0. The number of hydrogen-bond acceptors (Lipinski definition) is 8. The first-order chi connectivity index (χ1) is 14.9. The molecule has 1 N–H and O–H groups in total. The van der Waals surface area contributed by atoms with Crippen LogP contribution in [0.5, 0.6) is 11.5 Å². The lowest BCUT2D eigenvalue weighted by Gasteiger charge is -2.20. The molecule has 0 radical (unpaired) electrons. The van der Waals surface area contributed by atoms with E-state index in [1.54, 1.807) is 42.5 Å². The number of benzene rings is 2. The van der Waals surface area contributed by atoms with Gasteiger partial charge in [0.1, 0.15) is 18.0 Å². The number of anilines is 2. The van der Waals surface area contributed by atoms with Gasteiger partial charge in [0.05, 0.1) is 24.9 Å². The number of fused-ring (bicyclic) bond motifs is 1. The topological polar surface area (TPSA) is 113 Å². The molecule has 0 bridgehead atoms. The van der Waals surface area contributed by atoms with Gasteiger partial charge in [0.15, 0.2) is 12.1 Å². The zero-order valence-electron chi connectivity index (χ0n) is 16.6. The van der Waals surface area contributed by atoms with E-state index in [1.807, 2.05) is 0 Å². The Hall–Kier alpha value is -3.66. The molecule has 2 aromatic rings. The van der Waals surface area contributed by atoms with E-state index in [-0.39, 0.29) is 6.54 Å². The van der Waals surface area contributed by atoms with Gasteiger partial charge in [0.25, 0.3) is 11.8 Å². The van der Waals surface area contributed by atoms with E-state index in [2.05, 4.69) is 15.7 Å². The predicted molar refractivity (Wildman–Crippen MR) is 111 cm³/mol. The molecule has 2 heterocycles. The second-order valence-electron chi connectivity index (χ2n) is 6.80. The Labute approximate surface area is 182 Å². The van der Waals surface area contributed by atoms with Crippen molar-refractivity contribution in [3.63, 3.8) is 0 Å². The minimum Gasteiger partial charge on any atom is -0.497 e. The molecular weight excluding hydrogens is 426 g/mol. The third-order valence-corrected chi connectivity index (χ3v) is 5.23. The molecule has 11 heteroatoms. The second kappa shape index (κ2) is 8.23. The third-order valence-electron chi connectivity index (χ3n) is 4.93. The monoisotopic (exact) mass is 443 g/mol. The van der Waals surface area contributed by atoms with Crippen LogP contribution in [0.1, 0.15) is 0 Å². The molecule has 31 heavy (non-hydrogen) atoms. The zero-order valence-corrected chi connectivity index (χ0v) is 17.4. The molecule has 2 aromatic carbocycles. The van der Waals surface area contributed by atoms with E-state index in [1.165, 1.54) is 19.2 Å². The van der Waals surface area contributed by atoms with Gasteiger partial charge < -0.3 is 14.8 Å². The third kappa shape index (κ3) is 3.77. The van der Waals surface area contributed by atoms with E-state index in [0.717, 1.165) is 4.90 Å². The summed E-state index contributed by atoms with van der Waals surface area (Å²) in [5, 5.41) is 12.0. The lowest BCUT2D eigenvalue weighted by atomic mass is 10.1. The number of methoxy groups -OCH3 is 2. The van der Waals surface area contributed by atoms with Crippen molar-refractivity contribution >= 4 is 40.7 Å². The van der Waals surface area contributed by atoms with Crippen molar-refractivity contribution in [3.8, 4) is 11.5 Å². The minimum atomic E-state index is -0.988. The maximum atomic E-state index is 13.0. The Balaban J connectivity index is 1.46. The van der Waals surface area contributed by atoms with Crippen LogP contribution >= 0.6 is 11.6 Å². The highest BCUT2D eigenvalue weighted by atomic mass is 35.5. The number of imide groups is 1. The Morgan fingerprint density at radius 2 is 1.84 bits per heavy atom. The van der Waals surface area contributed by atoms with Gasteiger partial charge in [-0.15, -0.1) is 0 Å². The van der Waals surface area contributed by atoms with E-state index in [0.29, 0.717) is 27.9 Å². The van der Waals surface area contributed by atoms with Gasteiger partial charge in [-0.3, -0.25) is 19.4 Å².